The van der Waals surface area contributed by atoms with E-state index in [9.17, 15) is 18.0 Å². The van der Waals surface area contributed by atoms with Crippen molar-refractivity contribution >= 4 is 62.3 Å². The fraction of sp³-hybridized carbons (Fsp3) is 0.333. The molecular weight excluding hydrogens is 621 g/mol. The second-order valence-electron chi connectivity index (χ2n) is 9.68. The van der Waals surface area contributed by atoms with Crippen molar-refractivity contribution in [2.45, 2.75) is 51.1 Å². The summed E-state index contributed by atoms with van der Waals surface area (Å²) in [5, 5.41) is 3.69. The number of halogens is 3. The number of benzene rings is 3. The Morgan fingerprint density at radius 3 is 2.24 bits per heavy atom. The predicted molar refractivity (Wildman–Crippen MR) is 168 cm³/mol. The minimum absolute atomic E-state index is 0.0333. The molecule has 12 heteroatoms. The normalized spacial score (nSPS) is 12.0. The molecule has 3 aromatic rings. The third-order valence-electron chi connectivity index (χ3n) is 6.68. The molecule has 0 saturated carbocycles. The molecule has 1 unspecified atom stereocenters. The standard InChI is InChI=1S/C30H34Cl3N3O5S/c1-5-6-16-34-30(38)21(3)35(18-24-25(32)8-7-9-26(24)33)29(37)19-36(27-17-22(31)12-15-28(27)41-4)42(39,40)23-13-10-20(2)11-14-23/h7-15,17,21H,5-6,16,18-19H2,1-4H3,(H,34,38). The van der Waals surface area contributed by atoms with Crippen LogP contribution in [0, 0.1) is 6.92 Å². The van der Waals surface area contributed by atoms with E-state index in [0.29, 0.717) is 22.2 Å². The third kappa shape index (κ3) is 8.10. The maximum atomic E-state index is 14.1. The van der Waals surface area contributed by atoms with Gasteiger partial charge in [-0.3, -0.25) is 13.9 Å². The molecule has 0 aliphatic carbocycles. The second kappa shape index (κ2) is 15.0. The molecule has 3 rings (SSSR count). The number of rotatable bonds is 13. The van der Waals surface area contributed by atoms with Crippen molar-refractivity contribution in [2.75, 3.05) is 24.5 Å². The van der Waals surface area contributed by atoms with Gasteiger partial charge in [-0.25, -0.2) is 8.42 Å². The minimum atomic E-state index is -4.31. The number of aryl methyl sites for hydroxylation is 1. The summed E-state index contributed by atoms with van der Waals surface area (Å²) in [4.78, 5) is 28.5. The molecule has 0 saturated heterocycles. The second-order valence-corrected chi connectivity index (χ2v) is 12.8. The first-order chi connectivity index (χ1) is 19.9. The maximum absolute atomic E-state index is 14.1. The Kier molecular flexibility index (Phi) is 11.9. The summed E-state index contributed by atoms with van der Waals surface area (Å²) in [7, 11) is -2.92. The Morgan fingerprint density at radius 1 is 1.00 bits per heavy atom. The van der Waals surface area contributed by atoms with Crippen LogP contribution in [0.5, 0.6) is 5.75 Å². The van der Waals surface area contributed by atoms with Crippen LogP contribution in [0.4, 0.5) is 5.69 Å². The van der Waals surface area contributed by atoms with Crippen molar-refractivity contribution in [3.8, 4) is 5.75 Å². The van der Waals surface area contributed by atoms with E-state index in [1.54, 1.807) is 43.3 Å². The summed E-state index contributed by atoms with van der Waals surface area (Å²) in [6, 6.07) is 14.7. The number of nitrogens with zero attached hydrogens (tertiary/aromatic N) is 2. The lowest BCUT2D eigenvalue weighted by Gasteiger charge is -2.32. The molecule has 1 atom stereocenters. The van der Waals surface area contributed by atoms with Crippen molar-refractivity contribution in [1.82, 2.24) is 10.2 Å². The maximum Gasteiger partial charge on any atom is 0.264 e. The van der Waals surface area contributed by atoms with Crippen molar-refractivity contribution in [2.24, 2.45) is 0 Å². The zero-order valence-electron chi connectivity index (χ0n) is 23.9. The van der Waals surface area contributed by atoms with Gasteiger partial charge in [0, 0.05) is 33.7 Å². The quantitative estimate of drug-likeness (QED) is 0.213. The molecule has 226 valence electrons. The summed E-state index contributed by atoms with van der Waals surface area (Å²) in [5.74, 6) is -0.871. The van der Waals surface area contributed by atoms with Gasteiger partial charge < -0.3 is 15.0 Å². The zero-order chi connectivity index (χ0) is 31.0. The van der Waals surface area contributed by atoms with E-state index in [-0.39, 0.29) is 27.9 Å². The van der Waals surface area contributed by atoms with E-state index in [2.05, 4.69) is 5.32 Å². The topological polar surface area (TPSA) is 96.0 Å². The fourth-order valence-electron chi connectivity index (χ4n) is 4.18. The van der Waals surface area contributed by atoms with Gasteiger partial charge in [0.15, 0.2) is 0 Å². The molecule has 42 heavy (non-hydrogen) atoms. The highest BCUT2D eigenvalue weighted by Crippen LogP contribution is 2.35. The number of nitrogens with one attached hydrogen (secondary N) is 1. The Labute approximate surface area is 262 Å². The summed E-state index contributed by atoms with van der Waals surface area (Å²) >= 11 is 19.1. The SMILES string of the molecule is CCCCNC(=O)C(C)N(Cc1c(Cl)cccc1Cl)C(=O)CN(c1cc(Cl)ccc1OC)S(=O)(=O)c1ccc(C)cc1. The van der Waals surface area contributed by atoms with E-state index in [1.807, 2.05) is 13.8 Å². The van der Waals surface area contributed by atoms with E-state index in [1.165, 1.54) is 36.3 Å². The largest absolute Gasteiger partial charge is 0.495 e. The molecule has 0 aromatic heterocycles. The molecule has 0 bridgehead atoms. The molecule has 0 heterocycles. The van der Waals surface area contributed by atoms with Gasteiger partial charge >= 0.3 is 0 Å². The van der Waals surface area contributed by atoms with Gasteiger partial charge in [0.25, 0.3) is 10.0 Å². The minimum Gasteiger partial charge on any atom is -0.495 e. The zero-order valence-corrected chi connectivity index (χ0v) is 26.9. The Balaban J connectivity index is 2.11. The highest BCUT2D eigenvalue weighted by molar-refractivity contribution is 7.92. The monoisotopic (exact) mass is 653 g/mol. The van der Waals surface area contributed by atoms with Gasteiger partial charge in [0.2, 0.25) is 11.8 Å². The van der Waals surface area contributed by atoms with E-state index in [0.717, 1.165) is 22.7 Å². The molecule has 8 nitrogen and oxygen atoms in total. The van der Waals surface area contributed by atoms with Crippen molar-refractivity contribution in [3.63, 3.8) is 0 Å². The number of unbranched alkanes of at least 4 members (excludes halogenated alkanes) is 1. The lowest BCUT2D eigenvalue weighted by Crippen LogP contribution is -2.51. The Morgan fingerprint density at radius 2 is 1.64 bits per heavy atom. The van der Waals surface area contributed by atoms with Crippen LogP contribution in [-0.4, -0.2) is 51.4 Å². The number of methoxy groups -OCH3 is 1. The van der Waals surface area contributed by atoms with Crippen LogP contribution < -0.4 is 14.4 Å². The number of carbonyl (C=O) groups excluding carboxylic acids is 2. The highest BCUT2D eigenvalue weighted by Gasteiger charge is 2.34. The number of amides is 2. The van der Waals surface area contributed by atoms with Crippen LogP contribution in [0.1, 0.15) is 37.8 Å². The van der Waals surface area contributed by atoms with Gasteiger partial charge in [0.1, 0.15) is 18.3 Å². The number of hydrogen-bond donors (Lipinski definition) is 1. The van der Waals surface area contributed by atoms with Crippen LogP contribution in [-0.2, 0) is 26.2 Å². The van der Waals surface area contributed by atoms with Crippen molar-refractivity contribution < 1.29 is 22.7 Å². The summed E-state index contributed by atoms with van der Waals surface area (Å²) in [5.41, 5.74) is 1.35. The number of ether oxygens (including phenoxy) is 1. The van der Waals surface area contributed by atoms with Crippen LogP contribution in [0.2, 0.25) is 15.1 Å². The predicted octanol–water partition coefficient (Wildman–Crippen LogP) is 6.49. The Bertz CT molecular complexity index is 1500. The van der Waals surface area contributed by atoms with E-state index >= 15 is 0 Å². The van der Waals surface area contributed by atoms with Crippen molar-refractivity contribution in [1.29, 1.82) is 0 Å². The Hall–Kier alpha value is -2.98. The summed E-state index contributed by atoms with van der Waals surface area (Å²) < 4.78 is 34.5. The first kappa shape index (κ1) is 33.5. The van der Waals surface area contributed by atoms with Crippen LogP contribution >= 0.6 is 34.8 Å². The van der Waals surface area contributed by atoms with E-state index in [4.69, 9.17) is 39.5 Å². The molecule has 2 amide bonds. The molecule has 0 spiro atoms. The van der Waals surface area contributed by atoms with Crippen LogP contribution in [0.15, 0.2) is 65.6 Å². The molecule has 0 fully saturated rings. The fourth-order valence-corrected chi connectivity index (χ4v) is 6.28. The number of sulfonamides is 1. The average molecular weight is 655 g/mol. The van der Waals surface area contributed by atoms with Crippen LogP contribution in [0.25, 0.3) is 0 Å². The van der Waals surface area contributed by atoms with Gasteiger partial charge in [-0.1, -0.05) is 71.9 Å². The highest BCUT2D eigenvalue weighted by atomic mass is 35.5. The van der Waals surface area contributed by atoms with Gasteiger partial charge in [0.05, 0.1) is 17.7 Å². The number of carbonyl (C=O) groups is 2. The van der Waals surface area contributed by atoms with Gasteiger partial charge in [-0.05, 0) is 62.7 Å². The first-order valence-corrected chi connectivity index (χ1v) is 15.9. The number of anilines is 1. The lowest BCUT2D eigenvalue weighted by atomic mass is 10.1. The first-order valence-electron chi connectivity index (χ1n) is 13.3. The smallest absolute Gasteiger partial charge is 0.264 e. The summed E-state index contributed by atoms with van der Waals surface area (Å²) in [6.45, 7) is 5.04. The summed E-state index contributed by atoms with van der Waals surface area (Å²) in [6.07, 6.45) is 1.64. The van der Waals surface area contributed by atoms with Gasteiger partial charge in [-0.2, -0.15) is 0 Å². The van der Waals surface area contributed by atoms with E-state index < -0.39 is 34.4 Å². The average Bonchev–Trinajstić information content (AvgIpc) is 2.95. The third-order valence-corrected chi connectivity index (χ3v) is 9.40. The molecule has 1 N–H and O–H groups in total. The van der Waals surface area contributed by atoms with Gasteiger partial charge in [-0.15, -0.1) is 0 Å². The molecular formula is C30H34Cl3N3O5S. The van der Waals surface area contributed by atoms with Crippen molar-refractivity contribution in [3.05, 3.63) is 86.9 Å². The van der Waals surface area contributed by atoms with Crippen LogP contribution in [0.3, 0.4) is 0 Å². The molecule has 0 radical (unpaired) electrons. The molecule has 0 aliphatic heterocycles. The molecule has 0 aliphatic rings. The lowest BCUT2D eigenvalue weighted by molar-refractivity contribution is -0.139. The molecule has 3 aromatic carbocycles. The number of hydrogen-bond acceptors (Lipinski definition) is 5.